The quantitative estimate of drug-likeness (QED) is 0.684. The Hall–Kier alpha value is -3.38. The summed E-state index contributed by atoms with van der Waals surface area (Å²) >= 11 is 0. The molecule has 0 bridgehead atoms. The number of allylic oxidation sites excluding steroid dienone is 4. The van der Waals surface area contributed by atoms with E-state index in [0.29, 0.717) is 30.7 Å². The Kier molecular flexibility index (Phi) is 6.01. The zero-order valence-corrected chi connectivity index (χ0v) is 19.0. The van der Waals surface area contributed by atoms with Crippen LogP contribution in [0.15, 0.2) is 39.4 Å². The number of rotatable bonds is 4. The molecule has 3 aliphatic rings. The molecule has 33 heavy (non-hydrogen) atoms. The number of nitrogens with two attached hydrogens (primary N) is 1. The maximum atomic E-state index is 13.6. The van der Waals surface area contributed by atoms with Crippen LogP contribution in [0, 0.1) is 11.8 Å². The van der Waals surface area contributed by atoms with E-state index in [-0.39, 0.29) is 11.6 Å². The van der Waals surface area contributed by atoms with Crippen molar-refractivity contribution in [1.29, 1.82) is 0 Å². The third-order valence-electron chi connectivity index (χ3n) is 6.42. The molecule has 0 aromatic carbocycles. The van der Waals surface area contributed by atoms with Crippen LogP contribution in [0.25, 0.3) is 11.0 Å². The van der Waals surface area contributed by atoms with E-state index in [1.54, 1.807) is 13.1 Å². The third kappa shape index (κ3) is 4.18. The number of aliphatic imine (C=N–C) groups is 1. The zero-order valence-electron chi connectivity index (χ0n) is 19.0. The largest absolute Gasteiger partial charge is 0.386 e. The molecule has 3 N–H and O–H groups in total. The molecule has 0 amide bonds. The molecule has 1 saturated heterocycles. The molecular weight excluding hydrogens is 416 g/mol. The number of nitrogens with zero attached hydrogens (tertiary/aromatic N) is 6. The van der Waals surface area contributed by atoms with Gasteiger partial charge < -0.3 is 16.0 Å². The van der Waals surface area contributed by atoms with Gasteiger partial charge >= 0.3 is 0 Å². The lowest BCUT2D eigenvalue weighted by Gasteiger charge is -2.31. The van der Waals surface area contributed by atoms with Crippen LogP contribution in [-0.2, 0) is 13.1 Å². The summed E-state index contributed by atoms with van der Waals surface area (Å²) < 4.78 is 3.43. The van der Waals surface area contributed by atoms with Crippen molar-refractivity contribution in [3.63, 3.8) is 0 Å². The Morgan fingerprint density at radius 1 is 1.36 bits per heavy atom. The van der Waals surface area contributed by atoms with Crippen LogP contribution in [0.3, 0.4) is 0 Å². The van der Waals surface area contributed by atoms with E-state index in [1.807, 2.05) is 4.57 Å². The maximum absolute atomic E-state index is 13.6. The summed E-state index contributed by atoms with van der Waals surface area (Å²) in [5.41, 5.74) is 10.3. The van der Waals surface area contributed by atoms with Crippen LogP contribution < -0.4 is 21.5 Å². The molecule has 1 atom stereocenters. The summed E-state index contributed by atoms with van der Waals surface area (Å²) in [5.74, 6) is 6.79. The number of aromatic nitrogens is 4. The van der Waals surface area contributed by atoms with E-state index < -0.39 is 0 Å². The minimum atomic E-state index is -0.174. The van der Waals surface area contributed by atoms with E-state index in [1.165, 1.54) is 10.4 Å². The van der Waals surface area contributed by atoms with Gasteiger partial charge in [0, 0.05) is 36.9 Å². The Morgan fingerprint density at radius 3 is 3.12 bits per heavy atom. The van der Waals surface area contributed by atoms with E-state index >= 15 is 0 Å². The van der Waals surface area contributed by atoms with Crippen molar-refractivity contribution in [2.24, 2.45) is 10.7 Å². The average molecular weight is 447 g/mol. The molecule has 0 saturated carbocycles. The van der Waals surface area contributed by atoms with Gasteiger partial charge in [0.2, 0.25) is 5.95 Å². The van der Waals surface area contributed by atoms with Crippen molar-refractivity contribution in [2.75, 3.05) is 31.1 Å². The average Bonchev–Trinajstić information content (AvgIpc) is 3.08. The number of nitrogens with one attached hydrogen (secondary N) is 1. The van der Waals surface area contributed by atoms with Gasteiger partial charge in [-0.3, -0.25) is 14.4 Å². The first-order valence-electron chi connectivity index (χ1n) is 11.7. The predicted molar refractivity (Wildman–Crippen MR) is 130 cm³/mol. The minimum Gasteiger partial charge on any atom is -0.386 e. The van der Waals surface area contributed by atoms with E-state index in [4.69, 9.17) is 15.7 Å². The van der Waals surface area contributed by atoms with Gasteiger partial charge in [-0.05, 0) is 32.6 Å². The zero-order chi connectivity index (χ0) is 22.8. The second kappa shape index (κ2) is 9.24. The summed E-state index contributed by atoms with van der Waals surface area (Å²) in [4.78, 5) is 25.3. The van der Waals surface area contributed by atoms with Gasteiger partial charge in [-0.25, -0.2) is 9.67 Å². The summed E-state index contributed by atoms with van der Waals surface area (Å²) in [6.07, 6.45) is 9.95. The SMILES string of the molecule is CC#CCn1c(N2CCCC(N)C2)nc2cnn(CC3=NCCNC4=C3C=CCC4)c(=O)c21. The van der Waals surface area contributed by atoms with Gasteiger partial charge in [-0.15, -0.1) is 5.92 Å². The molecule has 2 aliphatic heterocycles. The molecule has 1 aliphatic carbocycles. The Morgan fingerprint density at radius 2 is 2.27 bits per heavy atom. The highest BCUT2D eigenvalue weighted by molar-refractivity contribution is 6.03. The van der Waals surface area contributed by atoms with Crippen LogP contribution >= 0.6 is 0 Å². The normalized spacial score (nSPS) is 20.6. The molecule has 2 aromatic heterocycles. The van der Waals surface area contributed by atoms with Gasteiger partial charge in [0.15, 0.2) is 0 Å². The van der Waals surface area contributed by atoms with Crippen molar-refractivity contribution in [3.8, 4) is 11.8 Å². The fourth-order valence-electron chi connectivity index (χ4n) is 4.80. The molecule has 9 nitrogen and oxygen atoms in total. The van der Waals surface area contributed by atoms with Crippen LogP contribution in [0.1, 0.15) is 32.6 Å². The van der Waals surface area contributed by atoms with E-state index in [2.05, 4.69) is 39.3 Å². The van der Waals surface area contributed by atoms with Gasteiger partial charge in [-0.2, -0.15) is 5.10 Å². The number of imidazole rings is 1. The molecule has 5 rings (SSSR count). The van der Waals surface area contributed by atoms with Crippen molar-refractivity contribution in [2.45, 2.75) is 51.7 Å². The Labute approximate surface area is 193 Å². The molecule has 0 radical (unpaired) electrons. The molecule has 1 unspecified atom stereocenters. The van der Waals surface area contributed by atoms with Gasteiger partial charge in [0.1, 0.15) is 11.0 Å². The number of fused-ring (bicyclic) bond motifs is 1. The smallest absolute Gasteiger partial charge is 0.293 e. The highest BCUT2D eigenvalue weighted by Crippen LogP contribution is 2.24. The lowest BCUT2D eigenvalue weighted by molar-refractivity contribution is 0.496. The topological polar surface area (TPSA) is 106 Å². The number of piperidine rings is 1. The van der Waals surface area contributed by atoms with E-state index in [0.717, 1.165) is 62.6 Å². The first-order chi connectivity index (χ1) is 16.2. The molecule has 9 heteroatoms. The van der Waals surface area contributed by atoms with Gasteiger partial charge in [0.05, 0.1) is 31.5 Å². The minimum absolute atomic E-state index is 0.104. The lowest BCUT2D eigenvalue weighted by Crippen LogP contribution is -2.44. The van der Waals surface area contributed by atoms with Crippen LogP contribution in [0.4, 0.5) is 5.95 Å². The number of hydrogen-bond acceptors (Lipinski definition) is 7. The highest BCUT2D eigenvalue weighted by Gasteiger charge is 2.25. The molecule has 4 heterocycles. The molecule has 0 spiro atoms. The predicted octanol–water partition coefficient (Wildman–Crippen LogP) is 1.19. The Bertz CT molecular complexity index is 1270. The summed E-state index contributed by atoms with van der Waals surface area (Å²) in [6, 6.07) is 0.104. The molecule has 1 fully saturated rings. The van der Waals surface area contributed by atoms with Crippen molar-refractivity contribution in [3.05, 3.63) is 40.0 Å². The third-order valence-corrected chi connectivity index (χ3v) is 6.42. The lowest BCUT2D eigenvalue weighted by atomic mass is 9.99. The molecular formula is C24H30N8O. The maximum Gasteiger partial charge on any atom is 0.293 e. The monoisotopic (exact) mass is 446 g/mol. The van der Waals surface area contributed by atoms with Crippen molar-refractivity contribution >= 4 is 22.7 Å². The summed E-state index contributed by atoms with van der Waals surface area (Å²) in [7, 11) is 0. The second-order valence-corrected chi connectivity index (χ2v) is 8.70. The molecule has 172 valence electrons. The standard InChI is InChI=1S/C24H30N8O/c1-2-3-13-31-22-20(29-24(31)30-12-6-7-17(25)15-30)14-28-32(23(22)33)16-21-18-8-4-5-9-19(18)26-10-11-27-21/h4,8,14,17,26H,5-7,9-13,15-16,25H2,1H3. The van der Waals surface area contributed by atoms with Gasteiger partial charge in [-0.1, -0.05) is 18.1 Å². The van der Waals surface area contributed by atoms with Crippen molar-refractivity contribution in [1.82, 2.24) is 24.6 Å². The van der Waals surface area contributed by atoms with E-state index in [9.17, 15) is 4.79 Å². The molecule has 2 aromatic rings. The highest BCUT2D eigenvalue weighted by atomic mass is 16.1. The number of hydrogen-bond donors (Lipinski definition) is 2. The first kappa shape index (κ1) is 21.5. The fourth-order valence-corrected chi connectivity index (χ4v) is 4.80. The first-order valence-corrected chi connectivity index (χ1v) is 11.7. The van der Waals surface area contributed by atoms with Gasteiger partial charge in [0.25, 0.3) is 5.56 Å². The van der Waals surface area contributed by atoms with Crippen LogP contribution in [0.2, 0.25) is 0 Å². The van der Waals surface area contributed by atoms with Crippen LogP contribution in [-0.4, -0.2) is 57.3 Å². The summed E-state index contributed by atoms with van der Waals surface area (Å²) in [5, 5.41) is 7.94. The fraction of sp³-hybridized carbons (Fsp3) is 0.500. The number of anilines is 1. The summed E-state index contributed by atoms with van der Waals surface area (Å²) in [6.45, 7) is 5.60. The van der Waals surface area contributed by atoms with Crippen LogP contribution in [0.5, 0.6) is 0 Å². The Balaban J connectivity index is 1.56. The van der Waals surface area contributed by atoms with Crippen molar-refractivity contribution < 1.29 is 0 Å². The second-order valence-electron chi connectivity index (χ2n) is 8.70.